The first kappa shape index (κ1) is 14.7. The molecule has 1 atom stereocenters. The van der Waals surface area contributed by atoms with Gasteiger partial charge in [-0.25, -0.2) is 0 Å². The van der Waals surface area contributed by atoms with Crippen LogP contribution < -0.4 is 14.8 Å². The lowest BCUT2D eigenvalue weighted by Crippen LogP contribution is -2.36. The van der Waals surface area contributed by atoms with Crippen molar-refractivity contribution < 1.29 is 19.1 Å². The predicted molar refractivity (Wildman–Crippen MR) is 74.7 cm³/mol. The molecule has 2 rings (SSSR count). The van der Waals surface area contributed by atoms with E-state index >= 15 is 0 Å². The number of rotatable bonds is 4. The van der Waals surface area contributed by atoms with E-state index in [0.717, 1.165) is 12.8 Å². The lowest BCUT2D eigenvalue weighted by molar-refractivity contribution is -0.127. The molecule has 0 aliphatic carbocycles. The molecule has 0 saturated carbocycles. The number of methoxy groups -OCH3 is 1. The first-order valence-electron chi connectivity index (χ1n) is 6.42. The van der Waals surface area contributed by atoms with Crippen molar-refractivity contribution in [2.24, 2.45) is 0 Å². The summed E-state index contributed by atoms with van der Waals surface area (Å²) >= 11 is 5.90. The predicted octanol–water partition coefficient (Wildman–Crippen LogP) is 2.21. The SMILES string of the molecule is COc1cc(Cl)cc(C=O)c1OC1CCCCNC1=O. The van der Waals surface area contributed by atoms with Gasteiger partial charge in [-0.1, -0.05) is 11.6 Å². The number of hydrogen-bond donors (Lipinski definition) is 1. The van der Waals surface area contributed by atoms with Gasteiger partial charge in [0, 0.05) is 17.6 Å². The second-order valence-corrected chi connectivity index (χ2v) is 4.97. The molecule has 20 heavy (non-hydrogen) atoms. The van der Waals surface area contributed by atoms with E-state index in [1.165, 1.54) is 13.2 Å². The molecule has 1 unspecified atom stereocenters. The van der Waals surface area contributed by atoms with Crippen molar-refractivity contribution in [3.8, 4) is 11.5 Å². The van der Waals surface area contributed by atoms with Crippen molar-refractivity contribution in [2.75, 3.05) is 13.7 Å². The maximum absolute atomic E-state index is 11.9. The van der Waals surface area contributed by atoms with Gasteiger partial charge in [-0.05, 0) is 25.3 Å². The molecule has 1 aliphatic rings. The molecule has 6 heteroatoms. The van der Waals surface area contributed by atoms with Crippen molar-refractivity contribution in [2.45, 2.75) is 25.4 Å². The van der Waals surface area contributed by atoms with Crippen LogP contribution in [0.25, 0.3) is 0 Å². The summed E-state index contributed by atoms with van der Waals surface area (Å²) in [6, 6.07) is 3.04. The van der Waals surface area contributed by atoms with Crippen LogP contribution in [0, 0.1) is 0 Å². The van der Waals surface area contributed by atoms with Crippen LogP contribution in [-0.2, 0) is 4.79 Å². The number of amides is 1. The van der Waals surface area contributed by atoms with Crippen LogP contribution in [0.5, 0.6) is 11.5 Å². The van der Waals surface area contributed by atoms with Crippen molar-refractivity contribution in [1.29, 1.82) is 0 Å². The Morgan fingerprint density at radius 1 is 1.40 bits per heavy atom. The van der Waals surface area contributed by atoms with Crippen molar-refractivity contribution in [1.82, 2.24) is 5.32 Å². The number of nitrogens with one attached hydrogen (secondary N) is 1. The van der Waals surface area contributed by atoms with Crippen LogP contribution >= 0.6 is 11.6 Å². The number of aldehydes is 1. The Kier molecular flexibility index (Phi) is 4.84. The summed E-state index contributed by atoms with van der Waals surface area (Å²) in [5.74, 6) is 0.432. The van der Waals surface area contributed by atoms with Crippen LogP contribution in [-0.4, -0.2) is 32.0 Å². The topological polar surface area (TPSA) is 64.6 Å². The second kappa shape index (κ2) is 6.61. The Morgan fingerprint density at radius 3 is 2.90 bits per heavy atom. The lowest BCUT2D eigenvalue weighted by Gasteiger charge is -2.19. The first-order chi connectivity index (χ1) is 9.65. The highest BCUT2D eigenvalue weighted by Crippen LogP contribution is 2.35. The van der Waals surface area contributed by atoms with E-state index in [2.05, 4.69) is 5.32 Å². The van der Waals surface area contributed by atoms with Gasteiger partial charge in [-0.15, -0.1) is 0 Å². The minimum absolute atomic E-state index is 0.170. The monoisotopic (exact) mass is 297 g/mol. The number of carbonyl (C=O) groups excluding carboxylic acids is 2. The molecule has 5 nitrogen and oxygen atoms in total. The van der Waals surface area contributed by atoms with E-state index in [9.17, 15) is 9.59 Å². The summed E-state index contributed by atoms with van der Waals surface area (Å²) in [7, 11) is 1.46. The van der Waals surface area contributed by atoms with Gasteiger partial charge in [-0.2, -0.15) is 0 Å². The van der Waals surface area contributed by atoms with Gasteiger partial charge in [0.1, 0.15) is 0 Å². The van der Waals surface area contributed by atoms with Gasteiger partial charge in [0.25, 0.3) is 5.91 Å². The van der Waals surface area contributed by atoms with Crippen LogP contribution in [0.15, 0.2) is 12.1 Å². The van der Waals surface area contributed by atoms with Crippen molar-refractivity contribution in [3.63, 3.8) is 0 Å². The summed E-state index contributed by atoms with van der Waals surface area (Å²) < 4.78 is 10.9. The molecule has 1 aliphatic heterocycles. The molecule has 0 radical (unpaired) electrons. The lowest BCUT2D eigenvalue weighted by atomic mass is 10.1. The average Bonchev–Trinajstić information content (AvgIpc) is 2.65. The minimum Gasteiger partial charge on any atom is -0.493 e. The smallest absolute Gasteiger partial charge is 0.261 e. The molecular formula is C14H16ClNO4. The zero-order valence-electron chi connectivity index (χ0n) is 11.1. The largest absolute Gasteiger partial charge is 0.493 e. The zero-order valence-corrected chi connectivity index (χ0v) is 11.9. The number of carbonyl (C=O) groups is 2. The molecule has 0 spiro atoms. The van der Waals surface area contributed by atoms with Crippen LogP contribution in [0.1, 0.15) is 29.6 Å². The van der Waals surface area contributed by atoms with Gasteiger partial charge in [0.15, 0.2) is 23.9 Å². The van der Waals surface area contributed by atoms with Crippen molar-refractivity contribution >= 4 is 23.8 Å². The van der Waals surface area contributed by atoms with Crippen LogP contribution in [0.3, 0.4) is 0 Å². The molecule has 1 fully saturated rings. The number of benzene rings is 1. The second-order valence-electron chi connectivity index (χ2n) is 4.54. The van der Waals surface area contributed by atoms with Gasteiger partial charge in [-0.3, -0.25) is 9.59 Å². The minimum atomic E-state index is -0.619. The first-order valence-corrected chi connectivity index (χ1v) is 6.80. The third-order valence-electron chi connectivity index (χ3n) is 3.14. The molecule has 1 aromatic carbocycles. The zero-order chi connectivity index (χ0) is 14.5. The summed E-state index contributed by atoms with van der Waals surface area (Å²) in [5.41, 5.74) is 0.270. The molecule has 0 aromatic heterocycles. The highest BCUT2D eigenvalue weighted by atomic mass is 35.5. The number of hydrogen-bond acceptors (Lipinski definition) is 4. The summed E-state index contributed by atoms with van der Waals surface area (Å²) in [6.45, 7) is 0.650. The summed E-state index contributed by atoms with van der Waals surface area (Å²) in [5, 5.41) is 3.16. The van der Waals surface area contributed by atoms with Crippen LogP contribution in [0.2, 0.25) is 5.02 Å². The molecule has 1 saturated heterocycles. The fourth-order valence-corrected chi connectivity index (χ4v) is 2.34. The molecule has 1 aromatic rings. The summed E-state index contributed by atoms with van der Waals surface area (Å²) in [4.78, 5) is 23.0. The molecule has 108 valence electrons. The Bertz CT molecular complexity index is 518. The number of halogens is 1. The fourth-order valence-electron chi connectivity index (χ4n) is 2.12. The normalized spacial score (nSPS) is 18.9. The Labute approximate surface area is 122 Å². The van der Waals surface area contributed by atoms with Gasteiger partial charge in [0.2, 0.25) is 0 Å². The quantitative estimate of drug-likeness (QED) is 0.865. The van der Waals surface area contributed by atoms with Crippen molar-refractivity contribution in [3.05, 3.63) is 22.7 Å². The molecule has 1 heterocycles. The van der Waals surface area contributed by atoms with Gasteiger partial charge >= 0.3 is 0 Å². The Hall–Kier alpha value is -1.75. The van der Waals surface area contributed by atoms with E-state index in [0.29, 0.717) is 30.0 Å². The number of ether oxygens (including phenoxy) is 2. The third kappa shape index (κ3) is 3.22. The van der Waals surface area contributed by atoms with E-state index in [1.807, 2.05) is 0 Å². The average molecular weight is 298 g/mol. The highest BCUT2D eigenvalue weighted by molar-refractivity contribution is 6.31. The summed E-state index contributed by atoms with van der Waals surface area (Å²) in [6.07, 6.45) is 2.43. The fraction of sp³-hybridized carbons (Fsp3) is 0.429. The standard InChI is InChI=1S/C14H16ClNO4/c1-19-12-7-10(15)6-9(8-17)13(12)20-11-4-2-3-5-16-14(11)18/h6-8,11H,2-5H2,1H3,(H,16,18). The molecule has 0 bridgehead atoms. The Balaban J connectivity index is 2.31. The maximum Gasteiger partial charge on any atom is 0.261 e. The maximum atomic E-state index is 11.9. The molecule has 1 amide bonds. The third-order valence-corrected chi connectivity index (χ3v) is 3.36. The van der Waals surface area contributed by atoms with Gasteiger partial charge in [0.05, 0.1) is 12.7 Å². The molecular weight excluding hydrogens is 282 g/mol. The molecule has 1 N–H and O–H groups in total. The Morgan fingerprint density at radius 2 is 2.20 bits per heavy atom. The van der Waals surface area contributed by atoms with E-state index in [-0.39, 0.29) is 17.2 Å². The van der Waals surface area contributed by atoms with E-state index < -0.39 is 6.10 Å². The van der Waals surface area contributed by atoms with E-state index in [4.69, 9.17) is 21.1 Å². The van der Waals surface area contributed by atoms with E-state index in [1.54, 1.807) is 6.07 Å². The highest BCUT2D eigenvalue weighted by Gasteiger charge is 2.25. The van der Waals surface area contributed by atoms with Gasteiger partial charge < -0.3 is 14.8 Å². The van der Waals surface area contributed by atoms with Crippen LogP contribution in [0.4, 0.5) is 0 Å².